The molecule has 1 rings (SSSR count). The van der Waals surface area contributed by atoms with Gasteiger partial charge in [0.25, 0.3) is 0 Å². The summed E-state index contributed by atoms with van der Waals surface area (Å²) in [4.78, 5) is 5.92. The highest BCUT2D eigenvalue weighted by atomic mass is 32.1. The summed E-state index contributed by atoms with van der Waals surface area (Å²) in [6.07, 6.45) is 0.0711. The predicted octanol–water partition coefficient (Wildman–Crippen LogP) is 2.90. The van der Waals surface area contributed by atoms with Crippen LogP contribution in [0.1, 0.15) is 42.5 Å². The molecule has 0 aliphatic carbocycles. The first kappa shape index (κ1) is 13.6. The summed E-state index contributed by atoms with van der Waals surface area (Å²) in [7, 11) is 3.71. The molecule has 92 valence electrons. The molecule has 3 nitrogen and oxygen atoms in total. The first-order valence-corrected chi connectivity index (χ1v) is 6.35. The van der Waals surface area contributed by atoms with Gasteiger partial charge in [-0.3, -0.25) is 0 Å². The monoisotopic (exact) mass is 242 g/mol. The average Bonchev–Trinajstić information content (AvgIpc) is 2.47. The van der Waals surface area contributed by atoms with Gasteiger partial charge in [-0.1, -0.05) is 20.8 Å². The Balaban J connectivity index is 2.98. The zero-order valence-corrected chi connectivity index (χ0v) is 11.9. The van der Waals surface area contributed by atoms with E-state index in [9.17, 15) is 0 Å². The van der Waals surface area contributed by atoms with E-state index in [0.29, 0.717) is 0 Å². The molecular formula is C12H22N2OS. The van der Waals surface area contributed by atoms with Crippen LogP contribution in [0.15, 0.2) is 0 Å². The van der Waals surface area contributed by atoms with Gasteiger partial charge in [0, 0.05) is 18.5 Å². The fourth-order valence-electron chi connectivity index (χ4n) is 1.71. The Morgan fingerprint density at radius 1 is 1.44 bits per heavy atom. The number of hydrogen-bond acceptors (Lipinski definition) is 4. The molecule has 4 heteroatoms. The Hall–Kier alpha value is -0.450. The summed E-state index contributed by atoms with van der Waals surface area (Å²) in [5.41, 5.74) is 1.19. The fraction of sp³-hybridized carbons (Fsp3) is 0.750. The number of nitrogens with zero attached hydrogens (tertiary/aromatic N) is 1. The van der Waals surface area contributed by atoms with Crippen LogP contribution in [0.4, 0.5) is 0 Å². The van der Waals surface area contributed by atoms with Crippen LogP contribution in [0.3, 0.4) is 0 Å². The molecule has 0 saturated carbocycles. The van der Waals surface area contributed by atoms with Crippen molar-refractivity contribution < 1.29 is 4.74 Å². The summed E-state index contributed by atoms with van der Waals surface area (Å²) in [6, 6.07) is 0. The molecule has 1 heterocycles. The van der Waals surface area contributed by atoms with E-state index in [-0.39, 0.29) is 11.5 Å². The molecule has 0 aliphatic heterocycles. The minimum absolute atomic E-state index is 0.0711. The van der Waals surface area contributed by atoms with Gasteiger partial charge in [-0.15, -0.1) is 11.3 Å². The van der Waals surface area contributed by atoms with E-state index in [0.717, 1.165) is 17.2 Å². The van der Waals surface area contributed by atoms with Crippen LogP contribution in [-0.2, 0) is 11.3 Å². The van der Waals surface area contributed by atoms with Gasteiger partial charge < -0.3 is 10.1 Å². The number of nitrogens with one attached hydrogen (secondary N) is 1. The fourth-order valence-corrected chi connectivity index (χ4v) is 3.11. The highest BCUT2D eigenvalue weighted by Gasteiger charge is 2.29. The van der Waals surface area contributed by atoms with Crippen molar-refractivity contribution in [1.82, 2.24) is 10.3 Å². The van der Waals surface area contributed by atoms with Crippen molar-refractivity contribution >= 4 is 11.3 Å². The second-order valence-corrected chi connectivity index (χ2v) is 6.19. The largest absolute Gasteiger partial charge is 0.374 e. The molecule has 0 aromatic carbocycles. The minimum Gasteiger partial charge on any atom is -0.374 e. The van der Waals surface area contributed by atoms with Crippen molar-refractivity contribution in [2.45, 2.75) is 40.3 Å². The van der Waals surface area contributed by atoms with Crippen molar-refractivity contribution in [2.24, 2.45) is 5.41 Å². The maximum Gasteiger partial charge on any atom is 0.123 e. The van der Waals surface area contributed by atoms with E-state index in [4.69, 9.17) is 4.74 Å². The molecule has 0 fully saturated rings. The molecule has 0 amide bonds. The van der Waals surface area contributed by atoms with Gasteiger partial charge in [0.2, 0.25) is 0 Å². The van der Waals surface area contributed by atoms with Gasteiger partial charge in [0.05, 0.1) is 5.69 Å². The number of methoxy groups -OCH3 is 1. The Kier molecular flexibility index (Phi) is 4.47. The van der Waals surface area contributed by atoms with Crippen molar-refractivity contribution in [3.8, 4) is 0 Å². The molecule has 1 atom stereocenters. The SMILES string of the molecule is CNCc1sc(C(OC)C(C)(C)C)nc1C. The number of thiazole rings is 1. The van der Waals surface area contributed by atoms with E-state index >= 15 is 0 Å². The van der Waals surface area contributed by atoms with Crippen LogP contribution < -0.4 is 5.32 Å². The number of rotatable bonds is 4. The third-order valence-electron chi connectivity index (χ3n) is 2.49. The van der Waals surface area contributed by atoms with Gasteiger partial charge in [0.1, 0.15) is 11.1 Å². The summed E-state index contributed by atoms with van der Waals surface area (Å²) < 4.78 is 5.57. The van der Waals surface area contributed by atoms with E-state index in [1.165, 1.54) is 4.88 Å². The third-order valence-corrected chi connectivity index (χ3v) is 3.69. The molecule has 0 spiro atoms. The molecule has 1 unspecified atom stereocenters. The summed E-state index contributed by atoms with van der Waals surface area (Å²) in [5.74, 6) is 0. The predicted molar refractivity (Wildman–Crippen MR) is 68.8 cm³/mol. The lowest BCUT2D eigenvalue weighted by Crippen LogP contribution is -2.19. The van der Waals surface area contributed by atoms with Gasteiger partial charge in [-0.25, -0.2) is 4.98 Å². The van der Waals surface area contributed by atoms with Crippen molar-refractivity contribution in [3.63, 3.8) is 0 Å². The maximum absolute atomic E-state index is 5.57. The lowest BCUT2D eigenvalue weighted by Gasteiger charge is -2.27. The first-order chi connectivity index (χ1) is 7.40. The molecule has 1 N–H and O–H groups in total. The Morgan fingerprint density at radius 3 is 2.50 bits per heavy atom. The summed E-state index contributed by atoms with van der Waals surface area (Å²) >= 11 is 1.75. The topological polar surface area (TPSA) is 34.1 Å². The number of aromatic nitrogens is 1. The number of hydrogen-bond donors (Lipinski definition) is 1. The first-order valence-electron chi connectivity index (χ1n) is 5.53. The quantitative estimate of drug-likeness (QED) is 0.881. The van der Waals surface area contributed by atoms with Crippen LogP contribution in [0, 0.1) is 12.3 Å². The third kappa shape index (κ3) is 3.03. The van der Waals surface area contributed by atoms with Crippen LogP contribution in [0.25, 0.3) is 0 Å². The van der Waals surface area contributed by atoms with Crippen LogP contribution in [0.5, 0.6) is 0 Å². The van der Waals surface area contributed by atoms with Crippen molar-refractivity contribution in [1.29, 1.82) is 0 Å². The maximum atomic E-state index is 5.57. The van der Waals surface area contributed by atoms with Gasteiger partial charge in [0.15, 0.2) is 0 Å². The van der Waals surface area contributed by atoms with E-state index < -0.39 is 0 Å². The number of aryl methyl sites for hydroxylation is 1. The van der Waals surface area contributed by atoms with E-state index in [2.05, 4.69) is 38.0 Å². The zero-order chi connectivity index (χ0) is 12.3. The molecule has 1 aromatic heterocycles. The Bertz CT molecular complexity index is 341. The lowest BCUT2D eigenvalue weighted by atomic mass is 9.89. The molecule has 0 saturated heterocycles. The highest BCUT2D eigenvalue weighted by Crippen LogP contribution is 2.38. The molecular weight excluding hydrogens is 220 g/mol. The van der Waals surface area contributed by atoms with Crippen molar-refractivity contribution in [2.75, 3.05) is 14.2 Å². The van der Waals surface area contributed by atoms with E-state index in [1.807, 2.05) is 7.05 Å². The molecule has 0 aliphatic rings. The molecule has 0 radical (unpaired) electrons. The minimum atomic E-state index is 0.0711. The van der Waals surface area contributed by atoms with Crippen LogP contribution in [0.2, 0.25) is 0 Å². The van der Waals surface area contributed by atoms with Gasteiger partial charge >= 0.3 is 0 Å². The summed E-state index contributed by atoms with van der Waals surface area (Å²) in [6.45, 7) is 9.47. The second kappa shape index (κ2) is 5.25. The smallest absolute Gasteiger partial charge is 0.123 e. The van der Waals surface area contributed by atoms with Crippen LogP contribution >= 0.6 is 11.3 Å². The average molecular weight is 242 g/mol. The van der Waals surface area contributed by atoms with Crippen LogP contribution in [-0.4, -0.2) is 19.1 Å². The zero-order valence-electron chi connectivity index (χ0n) is 11.0. The Morgan fingerprint density at radius 2 is 2.06 bits per heavy atom. The normalized spacial score (nSPS) is 14.1. The lowest BCUT2D eigenvalue weighted by molar-refractivity contribution is 0.0150. The van der Waals surface area contributed by atoms with Gasteiger partial charge in [-0.2, -0.15) is 0 Å². The summed E-state index contributed by atoms with van der Waals surface area (Å²) in [5, 5.41) is 4.24. The van der Waals surface area contributed by atoms with E-state index in [1.54, 1.807) is 18.4 Å². The second-order valence-electron chi connectivity index (χ2n) is 5.07. The molecule has 0 bridgehead atoms. The van der Waals surface area contributed by atoms with Crippen molar-refractivity contribution in [3.05, 3.63) is 15.6 Å². The molecule has 16 heavy (non-hydrogen) atoms. The standard InChI is InChI=1S/C12H22N2OS/c1-8-9(7-13-5)16-11(14-8)10(15-6)12(2,3)4/h10,13H,7H2,1-6H3. The number of ether oxygens (including phenoxy) is 1. The highest BCUT2D eigenvalue weighted by molar-refractivity contribution is 7.11. The Labute approximate surface area is 102 Å². The molecule has 1 aromatic rings. The van der Waals surface area contributed by atoms with Gasteiger partial charge in [-0.05, 0) is 19.4 Å².